The molecule has 2 aromatic rings. The van der Waals surface area contributed by atoms with Crippen LogP contribution >= 0.6 is 15.9 Å². The first-order valence-corrected chi connectivity index (χ1v) is 10.9. The topological polar surface area (TPSA) is 73.9 Å². The number of benzene rings is 2. The SMILES string of the molecule is Cc1ccc(NC(=O)COC(=O)C2(c3ccc4c(c3)OCCO4)CCCC2)c(Br)c1. The number of carbonyl (C=O) groups is 2. The van der Waals surface area contributed by atoms with E-state index >= 15 is 0 Å². The summed E-state index contributed by atoms with van der Waals surface area (Å²) in [7, 11) is 0. The molecule has 1 aliphatic heterocycles. The summed E-state index contributed by atoms with van der Waals surface area (Å²) in [6.45, 7) is 2.65. The molecule has 4 rings (SSSR count). The maximum absolute atomic E-state index is 13.1. The second-order valence-electron chi connectivity index (χ2n) is 7.76. The maximum atomic E-state index is 13.1. The Morgan fingerprint density at radius 3 is 2.53 bits per heavy atom. The van der Waals surface area contributed by atoms with E-state index in [1.165, 1.54) is 0 Å². The fourth-order valence-electron chi connectivity index (χ4n) is 4.11. The summed E-state index contributed by atoms with van der Waals surface area (Å²) < 4.78 is 17.5. The molecule has 1 amide bonds. The zero-order chi connectivity index (χ0) is 21.1. The van der Waals surface area contributed by atoms with E-state index in [9.17, 15) is 9.59 Å². The van der Waals surface area contributed by atoms with Gasteiger partial charge in [-0.25, -0.2) is 0 Å². The van der Waals surface area contributed by atoms with Crippen LogP contribution in [0.3, 0.4) is 0 Å². The molecular formula is C23H24BrNO5. The van der Waals surface area contributed by atoms with Gasteiger partial charge >= 0.3 is 5.97 Å². The van der Waals surface area contributed by atoms with E-state index < -0.39 is 5.41 Å². The van der Waals surface area contributed by atoms with Gasteiger partial charge in [0.05, 0.1) is 11.1 Å². The van der Waals surface area contributed by atoms with Gasteiger partial charge in [0, 0.05) is 4.47 Å². The second kappa shape index (κ2) is 8.68. The van der Waals surface area contributed by atoms with Gasteiger partial charge in [-0.15, -0.1) is 0 Å². The van der Waals surface area contributed by atoms with E-state index in [1.54, 1.807) is 0 Å². The lowest BCUT2D eigenvalue weighted by Crippen LogP contribution is -2.36. The highest BCUT2D eigenvalue weighted by Gasteiger charge is 2.45. The van der Waals surface area contributed by atoms with Gasteiger partial charge in [0.25, 0.3) is 5.91 Å². The average molecular weight is 474 g/mol. The predicted octanol–water partition coefficient (Wildman–Crippen LogP) is 4.52. The molecule has 158 valence electrons. The largest absolute Gasteiger partial charge is 0.486 e. The molecule has 0 aromatic heterocycles. The van der Waals surface area contributed by atoms with Crippen molar-refractivity contribution < 1.29 is 23.8 Å². The lowest BCUT2D eigenvalue weighted by molar-refractivity contribution is -0.153. The highest BCUT2D eigenvalue weighted by molar-refractivity contribution is 9.10. The van der Waals surface area contributed by atoms with Crippen LogP contribution in [0.5, 0.6) is 11.5 Å². The van der Waals surface area contributed by atoms with Gasteiger partial charge in [0.2, 0.25) is 0 Å². The third-order valence-corrected chi connectivity index (χ3v) is 6.33. The van der Waals surface area contributed by atoms with Crippen molar-refractivity contribution in [3.8, 4) is 11.5 Å². The summed E-state index contributed by atoms with van der Waals surface area (Å²) in [6, 6.07) is 11.3. The van der Waals surface area contributed by atoms with Gasteiger partial charge in [-0.05, 0) is 71.1 Å². The van der Waals surface area contributed by atoms with E-state index in [4.69, 9.17) is 14.2 Å². The number of aryl methyl sites for hydroxylation is 1. The summed E-state index contributed by atoms with van der Waals surface area (Å²) in [5.74, 6) is 0.604. The highest BCUT2D eigenvalue weighted by atomic mass is 79.9. The average Bonchev–Trinajstić information content (AvgIpc) is 3.25. The number of rotatable bonds is 5. The van der Waals surface area contributed by atoms with Crippen molar-refractivity contribution in [2.75, 3.05) is 25.1 Å². The van der Waals surface area contributed by atoms with Gasteiger partial charge in [0.15, 0.2) is 18.1 Å². The minimum atomic E-state index is -0.749. The van der Waals surface area contributed by atoms with Crippen LogP contribution in [0.1, 0.15) is 36.8 Å². The molecule has 1 saturated carbocycles. The number of fused-ring (bicyclic) bond motifs is 1. The van der Waals surface area contributed by atoms with Crippen molar-refractivity contribution >= 4 is 33.5 Å². The molecule has 1 heterocycles. The number of ether oxygens (including phenoxy) is 3. The second-order valence-corrected chi connectivity index (χ2v) is 8.61. The van der Waals surface area contributed by atoms with E-state index in [2.05, 4.69) is 21.2 Å². The summed E-state index contributed by atoms with van der Waals surface area (Å²) in [4.78, 5) is 25.5. The Morgan fingerprint density at radius 1 is 1.07 bits per heavy atom. The van der Waals surface area contributed by atoms with Gasteiger partial charge in [-0.3, -0.25) is 9.59 Å². The number of carbonyl (C=O) groups excluding carboxylic acids is 2. The van der Waals surface area contributed by atoms with Crippen LogP contribution in [0.15, 0.2) is 40.9 Å². The Morgan fingerprint density at radius 2 is 1.80 bits per heavy atom. The fraction of sp³-hybridized carbons (Fsp3) is 0.391. The molecule has 0 saturated heterocycles. The number of halogens is 1. The lowest BCUT2D eigenvalue weighted by atomic mass is 9.78. The molecule has 0 atom stereocenters. The monoisotopic (exact) mass is 473 g/mol. The van der Waals surface area contributed by atoms with Crippen LogP contribution in [0.2, 0.25) is 0 Å². The van der Waals surface area contributed by atoms with E-state index in [1.807, 2.05) is 43.3 Å². The van der Waals surface area contributed by atoms with Crippen molar-refractivity contribution in [3.63, 3.8) is 0 Å². The zero-order valence-electron chi connectivity index (χ0n) is 16.8. The van der Waals surface area contributed by atoms with Gasteiger partial charge in [-0.1, -0.05) is 25.0 Å². The molecule has 1 aliphatic carbocycles. The number of esters is 1. The Balaban J connectivity index is 1.45. The van der Waals surface area contributed by atoms with Crippen molar-refractivity contribution in [1.29, 1.82) is 0 Å². The smallest absolute Gasteiger partial charge is 0.317 e. The third-order valence-electron chi connectivity index (χ3n) is 5.68. The quantitative estimate of drug-likeness (QED) is 0.646. The van der Waals surface area contributed by atoms with Crippen LogP contribution in [0.4, 0.5) is 5.69 Å². The Hall–Kier alpha value is -2.54. The number of hydrogen-bond donors (Lipinski definition) is 1. The van der Waals surface area contributed by atoms with Crippen LogP contribution in [0.25, 0.3) is 0 Å². The van der Waals surface area contributed by atoms with Gasteiger partial charge in [-0.2, -0.15) is 0 Å². The minimum Gasteiger partial charge on any atom is -0.486 e. The zero-order valence-corrected chi connectivity index (χ0v) is 18.4. The Labute approximate surface area is 184 Å². The molecule has 1 N–H and O–H groups in total. The summed E-state index contributed by atoms with van der Waals surface area (Å²) in [5, 5.41) is 2.78. The van der Waals surface area contributed by atoms with Gasteiger partial charge < -0.3 is 19.5 Å². The lowest BCUT2D eigenvalue weighted by Gasteiger charge is -2.28. The van der Waals surface area contributed by atoms with Crippen molar-refractivity contribution in [2.45, 2.75) is 38.0 Å². The standard InChI is InChI=1S/C23H24BrNO5/c1-15-4-6-18(17(24)12-15)25-21(26)14-30-22(27)23(8-2-3-9-23)16-5-7-19-20(13-16)29-11-10-28-19/h4-7,12-13H,2-3,8-11,14H2,1H3,(H,25,26). The molecule has 0 bridgehead atoms. The maximum Gasteiger partial charge on any atom is 0.317 e. The third kappa shape index (κ3) is 4.17. The molecule has 6 nitrogen and oxygen atoms in total. The fourth-order valence-corrected chi connectivity index (χ4v) is 4.70. The van der Waals surface area contributed by atoms with E-state index in [-0.39, 0.29) is 18.5 Å². The molecule has 2 aliphatic rings. The summed E-state index contributed by atoms with van der Waals surface area (Å²) in [6.07, 6.45) is 3.26. The van der Waals surface area contributed by atoms with Crippen LogP contribution in [-0.4, -0.2) is 31.7 Å². The Kier molecular flexibility index (Phi) is 5.99. The van der Waals surface area contributed by atoms with Crippen LogP contribution < -0.4 is 14.8 Å². The minimum absolute atomic E-state index is 0.328. The molecule has 0 radical (unpaired) electrons. The van der Waals surface area contributed by atoms with E-state index in [0.29, 0.717) is 43.2 Å². The highest BCUT2D eigenvalue weighted by Crippen LogP contribution is 2.45. The molecule has 7 heteroatoms. The number of amides is 1. The molecular weight excluding hydrogens is 450 g/mol. The first-order chi connectivity index (χ1) is 14.5. The van der Waals surface area contributed by atoms with Crippen LogP contribution in [0, 0.1) is 6.92 Å². The molecule has 2 aromatic carbocycles. The first kappa shape index (κ1) is 20.7. The summed E-state index contributed by atoms with van der Waals surface area (Å²) in [5.41, 5.74) is 1.83. The molecule has 1 fully saturated rings. The Bertz CT molecular complexity index is 968. The molecule has 30 heavy (non-hydrogen) atoms. The van der Waals surface area contributed by atoms with Crippen molar-refractivity contribution in [1.82, 2.24) is 0 Å². The summed E-state index contributed by atoms with van der Waals surface area (Å²) >= 11 is 3.43. The molecule has 0 unspecified atom stereocenters. The predicted molar refractivity (Wildman–Crippen MR) is 116 cm³/mol. The normalized spacial score (nSPS) is 16.7. The van der Waals surface area contributed by atoms with E-state index in [0.717, 1.165) is 28.4 Å². The van der Waals surface area contributed by atoms with Crippen molar-refractivity contribution in [3.05, 3.63) is 52.0 Å². The first-order valence-electron chi connectivity index (χ1n) is 10.1. The van der Waals surface area contributed by atoms with Crippen molar-refractivity contribution in [2.24, 2.45) is 0 Å². The van der Waals surface area contributed by atoms with Gasteiger partial charge in [0.1, 0.15) is 13.2 Å². The van der Waals surface area contributed by atoms with Crippen LogP contribution in [-0.2, 0) is 19.7 Å². The number of nitrogens with one attached hydrogen (secondary N) is 1. The molecule has 0 spiro atoms. The number of hydrogen-bond acceptors (Lipinski definition) is 5. The number of anilines is 1.